The van der Waals surface area contributed by atoms with E-state index in [2.05, 4.69) is 17.9 Å². The molecule has 1 unspecified atom stereocenters. The Morgan fingerprint density at radius 2 is 1.97 bits per heavy atom. The lowest BCUT2D eigenvalue weighted by atomic mass is 10.1. The normalized spacial score (nSPS) is 19.1. The molecule has 2 saturated heterocycles. The number of para-hydroxylation sites is 1. The van der Waals surface area contributed by atoms with E-state index in [-0.39, 0.29) is 24.2 Å². The smallest absolute Gasteiger partial charge is 0.234 e. The minimum atomic E-state index is -0.371. The highest BCUT2D eigenvalue weighted by Crippen LogP contribution is 2.33. The van der Waals surface area contributed by atoms with Crippen LogP contribution in [0.1, 0.15) is 18.4 Å². The number of morpholine rings is 1. The molecule has 0 bridgehead atoms. The van der Waals surface area contributed by atoms with Gasteiger partial charge in [-0.25, -0.2) is 4.98 Å². The van der Waals surface area contributed by atoms with Gasteiger partial charge in [0.05, 0.1) is 29.3 Å². The Balaban J connectivity index is 1.35. The molecule has 0 saturated carbocycles. The molecule has 34 heavy (non-hydrogen) atoms. The summed E-state index contributed by atoms with van der Waals surface area (Å²) in [4.78, 5) is 37.3. The van der Waals surface area contributed by atoms with Crippen molar-refractivity contribution in [2.75, 3.05) is 55.7 Å². The second-order valence-corrected chi connectivity index (χ2v) is 10.0. The minimum absolute atomic E-state index is 0.00209. The summed E-state index contributed by atoms with van der Waals surface area (Å²) in [5.41, 5.74) is 2.93. The maximum Gasteiger partial charge on any atom is 0.234 e. The third-order valence-corrected chi connectivity index (χ3v) is 7.57. The Labute approximate surface area is 203 Å². The van der Waals surface area contributed by atoms with Crippen LogP contribution in [0.4, 0.5) is 10.8 Å². The Morgan fingerprint density at radius 3 is 2.76 bits per heavy atom. The third kappa shape index (κ3) is 4.99. The molecular weight excluding hydrogens is 448 g/mol. The number of ether oxygens (including phenoxy) is 1. The molecule has 0 radical (unpaired) electrons. The van der Waals surface area contributed by atoms with Crippen molar-refractivity contribution in [3.63, 3.8) is 0 Å². The molecule has 3 heterocycles. The lowest BCUT2D eigenvalue weighted by molar-refractivity contribution is -0.124. The summed E-state index contributed by atoms with van der Waals surface area (Å²) in [5.74, 6) is -0.382. The van der Waals surface area contributed by atoms with Gasteiger partial charge in [0.2, 0.25) is 11.8 Å². The van der Waals surface area contributed by atoms with Gasteiger partial charge >= 0.3 is 0 Å². The van der Waals surface area contributed by atoms with Crippen LogP contribution in [-0.4, -0.2) is 67.6 Å². The highest BCUT2D eigenvalue weighted by Gasteiger charge is 2.38. The van der Waals surface area contributed by atoms with Crippen LogP contribution in [0.25, 0.3) is 10.2 Å². The van der Waals surface area contributed by atoms with Crippen LogP contribution < -0.4 is 9.80 Å². The standard InChI is InChI=1S/C26H30N4O3S/c1-19-8-9-22-23(16-19)34-26(27-22)29(11-5-10-28-12-14-33-15-13-28)25(32)20-17-24(31)30(18-20)21-6-3-2-4-7-21/h2-4,6-9,16,20H,5,10-15,17-18H2,1H3. The van der Waals surface area contributed by atoms with Crippen molar-refractivity contribution in [1.82, 2.24) is 9.88 Å². The van der Waals surface area contributed by atoms with E-state index in [1.807, 2.05) is 47.4 Å². The number of rotatable bonds is 7. The summed E-state index contributed by atoms with van der Waals surface area (Å²) in [6.45, 7) is 7.35. The third-order valence-electron chi connectivity index (χ3n) is 6.53. The van der Waals surface area contributed by atoms with Gasteiger partial charge < -0.3 is 9.64 Å². The van der Waals surface area contributed by atoms with Crippen molar-refractivity contribution in [2.24, 2.45) is 5.92 Å². The van der Waals surface area contributed by atoms with Gasteiger partial charge in [-0.3, -0.25) is 19.4 Å². The monoisotopic (exact) mass is 478 g/mol. The summed E-state index contributed by atoms with van der Waals surface area (Å²) >= 11 is 1.55. The Bertz CT molecular complexity index is 1160. The zero-order valence-corrected chi connectivity index (χ0v) is 20.3. The number of benzene rings is 2. The molecule has 2 aromatic carbocycles. The first-order valence-corrected chi connectivity index (χ1v) is 12.7. The average Bonchev–Trinajstić information content (AvgIpc) is 3.45. The largest absolute Gasteiger partial charge is 0.379 e. The molecule has 3 aromatic rings. The van der Waals surface area contributed by atoms with Gasteiger partial charge in [-0.1, -0.05) is 35.6 Å². The first-order valence-electron chi connectivity index (χ1n) is 11.9. The number of carbonyl (C=O) groups excluding carboxylic acids is 2. The summed E-state index contributed by atoms with van der Waals surface area (Å²) in [6, 6.07) is 15.8. The highest BCUT2D eigenvalue weighted by atomic mass is 32.1. The Hall–Kier alpha value is -2.81. The highest BCUT2D eigenvalue weighted by molar-refractivity contribution is 7.22. The van der Waals surface area contributed by atoms with Gasteiger partial charge in [0, 0.05) is 44.8 Å². The first-order chi connectivity index (χ1) is 16.6. The van der Waals surface area contributed by atoms with E-state index in [0.717, 1.165) is 60.3 Å². The summed E-state index contributed by atoms with van der Waals surface area (Å²) in [6.07, 6.45) is 1.08. The summed E-state index contributed by atoms with van der Waals surface area (Å²) in [7, 11) is 0. The molecule has 178 valence electrons. The molecule has 0 spiro atoms. The zero-order valence-electron chi connectivity index (χ0n) is 19.5. The molecule has 2 aliphatic rings. The van der Waals surface area contributed by atoms with Crippen LogP contribution in [-0.2, 0) is 14.3 Å². The van der Waals surface area contributed by atoms with Crippen molar-refractivity contribution in [1.29, 1.82) is 0 Å². The van der Waals surface area contributed by atoms with Gasteiger partial charge in [0.15, 0.2) is 5.13 Å². The molecule has 8 heteroatoms. The Kier molecular flexibility index (Phi) is 6.89. The van der Waals surface area contributed by atoms with Crippen LogP contribution in [0.5, 0.6) is 0 Å². The average molecular weight is 479 g/mol. The topological polar surface area (TPSA) is 66.0 Å². The van der Waals surface area contributed by atoms with E-state index in [9.17, 15) is 9.59 Å². The molecule has 1 atom stereocenters. The van der Waals surface area contributed by atoms with E-state index in [1.165, 1.54) is 5.56 Å². The molecule has 0 N–H and O–H groups in total. The van der Waals surface area contributed by atoms with Crippen LogP contribution in [0.15, 0.2) is 48.5 Å². The maximum atomic E-state index is 13.8. The second kappa shape index (κ2) is 10.2. The van der Waals surface area contributed by atoms with Gasteiger partial charge in [0.1, 0.15) is 0 Å². The van der Waals surface area contributed by atoms with Gasteiger partial charge in [-0.15, -0.1) is 0 Å². The van der Waals surface area contributed by atoms with Crippen molar-refractivity contribution >= 4 is 44.2 Å². The van der Waals surface area contributed by atoms with Gasteiger partial charge in [-0.05, 0) is 43.2 Å². The van der Waals surface area contributed by atoms with Gasteiger partial charge in [0.25, 0.3) is 0 Å². The van der Waals surface area contributed by atoms with E-state index in [4.69, 9.17) is 9.72 Å². The van der Waals surface area contributed by atoms with E-state index in [1.54, 1.807) is 16.2 Å². The molecule has 1 aromatic heterocycles. The Morgan fingerprint density at radius 1 is 1.18 bits per heavy atom. The number of hydrogen-bond acceptors (Lipinski definition) is 6. The van der Waals surface area contributed by atoms with Crippen LogP contribution in [0.2, 0.25) is 0 Å². The number of carbonyl (C=O) groups is 2. The number of aryl methyl sites for hydroxylation is 1. The summed E-state index contributed by atoms with van der Waals surface area (Å²) < 4.78 is 6.53. The number of aromatic nitrogens is 1. The zero-order chi connectivity index (χ0) is 23.5. The van der Waals surface area contributed by atoms with Crippen molar-refractivity contribution in [3.05, 3.63) is 54.1 Å². The second-order valence-electron chi connectivity index (χ2n) is 9.01. The number of fused-ring (bicyclic) bond motifs is 1. The fourth-order valence-corrected chi connectivity index (χ4v) is 5.76. The molecule has 2 fully saturated rings. The molecule has 5 rings (SSSR count). The van der Waals surface area contributed by atoms with Gasteiger partial charge in [-0.2, -0.15) is 0 Å². The van der Waals surface area contributed by atoms with Crippen molar-refractivity contribution < 1.29 is 14.3 Å². The van der Waals surface area contributed by atoms with Crippen molar-refractivity contribution in [3.8, 4) is 0 Å². The lowest BCUT2D eigenvalue weighted by Gasteiger charge is -2.28. The number of thiazole rings is 1. The molecule has 2 aliphatic heterocycles. The SMILES string of the molecule is Cc1ccc2nc(N(CCCN3CCOCC3)C(=O)C3CC(=O)N(c4ccccc4)C3)sc2c1. The maximum absolute atomic E-state index is 13.8. The minimum Gasteiger partial charge on any atom is -0.379 e. The molecule has 2 amide bonds. The van der Waals surface area contributed by atoms with E-state index in [0.29, 0.717) is 13.1 Å². The quantitative estimate of drug-likeness (QED) is 0.518. The predicted octanol–water partition coefficient (Wildman–Crippen LogP) is 3.71. The number of nitrogens with zero attached hydrogens (tertiary/aromatic N) is 4. The number of anilines is 2. The van der Waals surface area contributed by atoms with Crippen LogP contribution in [0.3, 0.4) is 0 Å². The molecular formula is C26H30N4O3S. The number of hydrogen-bond donors (Lipinski definition) is 0. The molecule has 0 aliphatic carbocycles. The fraction of sp³-hybridized carbons (Fsp3) is 0.423. The summed E-state index contributed by atoms with van der Waals surface area (Å²) in [5, 5.41) is 0.721. The van der Waals surface area contributed by atoms with E-state index >= 15 is 0 Å². The fourth-order valence-electron chi connectivity index (χ4n) is 4.66. The number of amides is 2. The lowest BCUT2D eigenvalue weighted by Crippen LogP contribution is -2.41. The molecule has 7 nitrogen and oxygen atoms in total. The van der Waals surface area contributed by atoms with Crippen molar-refractivity contribution in [2.45, 2.75) is 19.8 Å². The van der Waals surface area contributed by atoms with E-state index < -0.39 is 0 Å². The van der Waals surface area contributed by atoms with Crippen LogP contribution >= 0.6 is 11.3 Å². The predicted molar refractivity (Wildman–Crippen MR) is 135 cm³/mol. The first kappa shape index (κ1) is 23.0. The van der Waals surface area contributed by atoms with Crippen LogP contribution in [0, 0.1) is 12.8 Å².